The molecule has 1 saturated heterocycles. The van der Waals surface area contributed by atoms with Gasteiger partial charge in [-0.05, 0) is 18.1 Å². The van der Waals surface area contributed by atoms with Crippen LogP contribution in [-0.2, 0) is 6.42 Å². The largest absolute Gasteiger partial charge is 0.264 e. The van der Waals surface area contributed by atoms with E-state index in [0.29, 0.717) is 0 Å². The molecule has 80 valence electrons. The molecule has 0 aliphatic carbocycles. The topological polar surface area (TPSA) is 12.9 Å². The average molecular weight is 217 g/mol. The van der Waals surface area contributed by atoms with Crippen LogP contribution in [0, 0.1) is 0 Å². The lowest BCUT2D eigenvalue weighted by Gasteiger charge is -2.40. The van der Waals surface area contributed by atoms with E-state index in [2.05, 4.69) is 17.2 Å². The molecule has 0 amide bonds. The molecule has 0 aromatic carbocycles. The van der Waals surface area contributed by atoms with Crippen LogP contribution in [0.3, 0.4) is 0 Å². The zero-order valence-corrected chi connectivity index (χ0v) is 10.3. The van der Waals surface area contributed by atoms with E-state index in [0.717, 1.165) is 0 Å². The first-order valence-electron chi connectivity index (χ1n) is 6.34. The Hall–Kier alpha value is -0.633. The number of hydrogen-bond donors (Lipinski definition) is 0. The Kier molecular flexibility index (Phi) is 2.39. The highest BCUT2D eigenvalue weighted by atomic mass is 28.3. The van der Waals surface area contributed by atoms with E-state index < -0.39 is 8.07 Å². The van der Waals surface area contributed by atoms with Crippen molar-refractivity contribution in [3.05, 3.63) is 24.0 Å². The Morgan fingerprint density at radius 1 is 1.00 bits per heavy atom. The highest BCUT2D eigenvalue weighted by Crippen LogP contribution is 2.36. The second-order valence-electron chi connectivity index (χ2n) is 5.23. The molecule has 2 heteroatoms. The third kappa shape index (κ3) is 1.55. The minimum Gasteiger partial charge on any atom is -0.264 e. The number of fused-ring (bicyclic) bond motifs is 2. The number of rotatable bonds is 0. The third-order valence-corrected chi connectivity index (χ3v) is 9.95. The van der Waals surface area contributed by atoms with Crippen LogP contribution in [0.2, 0.25) is 18.1 Å². The predicted molar refractivity (Wildman–Crippen MR) is 66.2 cm³/mol. The molecule has 1 nitrogen and oxygen atoms in total. The van der Waals surface area contributed by atoms with Gasteiger partial charge in [-0.1, -0.05) is 49.0 Å². The average Bonchev–Trinajstić information content (AvgIpc) is 2.31. The minimum absolute atomic E-state index is 1.03. The second-order valence-corrected chi connectivity index (χ2v) is 9.83. The van der Waals surface area contributed by atoms with Crippen LogP contribution in [-0.4, -0.2) is 13.1 Å². The molecule has 0 radical (unpaired) electrons. The maximum Gasteiger partial charge on any atom is 0.0872 e. The summed E-state index contributed by atoms with van der Waals surface area (Å²) in [6, 6.07) is 7.03. The maximum absolute atomic E-state index is 4.30. The van der Waals surface area contributed by atoms with Crippen molar-refractivity contribution in [2.24, 2.45) is 0 Å². The molecule has 1 fully saturated rings. The van der Waals surface area contributed by atoms with Gasteiger partial charge in [0.25, 0.3) is 0 Å². The van der Waals surface area contributed by atoms with Gasteiger partial charge >= 0.3 is 0 Å². The summed E-state index contributed by atoms with van der Waals surface area (Å²) < 4.78 is 0. The summed E-state index contributed by atoms with van der Waals surface area (Å²) in [7, 11) is -1.03. The van der Waals surface area contributed by atoms with Gasteiger partial charge in [-0.25, -0.2) is 0 Å². The van der Waals surface area contributed by atoms with Crippen molar-refractivity contribution >= 4 is 13.3 Å². The van der Waals surface area contributed by atoms with Gasteiger partial charge in [0.1, 0.15) is 0 Å². The Balaban J connectivity index is 2.04. The van der Waals surface area contributed by atoms with Crippen molar-refractivity contribution in [2.75, 3.05) is 0 Å². The highest BCUT2D eigenvalue weighted by molar-refractivity contribution is 6.92. The van der Waals surface area contributed by atoms with Crippen molar-refractivity contribution in [3.63, 3.8) is 0 Å². The fourth-order valence-corrected chi connectivity index (χ4v) is 9.21. The zero-order chi connectivity index (χ0) is 10.1. The monoisotopic (exact) mass is 217 g/mol. The first kappa shape index (κ1) is 9.58. The Labute approximate surface area is 92.9 Å². The van der Waals surface area contributed by atoms with E-state index in [-0.39, 0.29) is 0 Å². The zero-order valence-electron chi connectivity index (χ0n) is 9.34. The Bertz CT molecular complexity index is 355. The van der Waals surface area contributed by atoms with E-state index >= 15 is 0 Å². The summed E-state index contributed by atoms with van der Waals surface area (Å²) >= 11 is 0. The van der Waals surface area contributed by atoms with Crippen LogP contribution in [0.4, 0.5) is 0 Å². The van der Waals surface area contributed by atoms with E-state index in [4.69, 9.17) is 0 Å². The standard InChI is InChI=1S/C13H19NSi/c1-2-8-15(9-3-1)10-4-5-12-11-14-7-6-13(12)15/h6-7,11H,1-5,8-10H2. The van der Waals surface area contributed by atoms with Crippen molar-refractivity contribution in [2.45, 2.75) is 50.2 Å². The quantitative estimate of drug-likeness (QED) is 0.609. The summed E-state index contributed by atoms with van der Waals surface area (Å²) in [4.78, 5) is 4.30. The van der Waals surface area contributed by atoms with Gasteiger partial charge in [0, 0.05) is 12.4 Å². The van der Waals surface area contributed by atoms with Crippen LogP contribution in [0.25, 0.3) is 0 Å². The molecule has 0 N–H and O–H groups in total. The lowest BCUT2D eigenvalue weighted by atomic mass is 10.1. The molecular formula is C13H19NSi. The van der Waals surface area contributed by atoms with Gasteiger partial charge in [0.2, 0.25) is 0 Å². The Morgan fingerprint density at radius 2 is 1.80 bits per heavy atom. The van der Waals surface area contributed by atoms with E-state index in [9.17, 15) is 0 Å². The fraction of sp³-hybridized carbons (Fsp3) is 0.615. The van der Waals surface area contributed by atoms with Crippen molar-refractivity contribution in [3.8, 4) is 0 Å². The summed E-state index contributed by atoms with van der Waals surface area (Å²) in [6.45, 7) is 0. The Morgan fingerprint density at radius 3 is 2.67 bits per heavy atom. The van der Waals surface area contributed by atoms with E-state index in [1.54, 1.807) is 28.9 Å². The number of nitrogens with zero attached hydrogens (tertiary/aromatic N) is 1. The minimum atomic E-state index is -1.03. The highest BCUT2D eigenvalue weighted by Gasteiger charge is 2.39. The molecule has 1 aromatic heterocycles. The first-order valence-corrected chi connectivity index (χ1v) is 8.96. The van der Waals surface area contributed by atoms with Crippen LogP contribution >= 0.6 is 0 Å². The van der Waals surface area contributed by atoms with E-state index in [1.807, 2.05) is 6.20 Å². The molecule has 1 spiro atoms. The smallest absolute Gasteiger partial charge is 0.0872 e. The lowest BCUT2D eigenvalue weighted by molar-refractivity contribution is 0.699. The van der Waals surface area contributed by atoms with Gasteiger partial charge < -0.3 is 0 Å². The molecule has 15 heavy (non-hydrogen) atoms. The third-order valence-electron chi connectivity index (χ3n) is 4.39. The number of pyridine rings is 1. The van der Waals surface area contributed by atoms with E-state index in [1.165, 1.54) is 32.1 Å². The fourth-order valence-electron chi connectivity index (χ4n) is 3.64. The molecule has 3 heterocycles. The molecule has 3 rings (SSSR count). The van der Waals surface area contributed by atoms with Gasteiger partial charge in [0.15, 0.2) is 0 Å². The molecular weight excluding hydrogens is 198 g/mol. The predicted octanol–water partition coefficient (Wildman–Crippen LogP) is 2.87. The second kappa shape index (κ2) is 3.74. The van der Waals surface area contributed by atoms with Gasteiger partial charge in [0.05, 0.1) is 8.07 Å². The molecule has 2 aliphatic heterocycles. The van der Waals surface area contributed by atoms with Gasteiger partial charge in [-0.15, -0.1) is 0 Å². The van der Waals surface area contributed by atoms with Crippen LogP contribution in [0.5, 0.6) is 0 Å². The summed E-state index contributed by atoms with van der Waals surface area (Å²) in [5.41, 5.74) is 1.59. The summed E-state index contributed by atoms with van der Waals surface area (Å²) in [5, 5.41) is 1.78. The van der Waals surface area contributed by atoms with Crippen molar-refractivity contribution in [1.82, 2.24) is 4.98 Å². The molecule has 0 atom stereocenters. The number of aryl methyl sites for hydroxylation is 1. The van der Waals surface area contributed by atoms with Crippen molar-refractivity contribution in [1.29, 1.82) is 0 Å². The molecule has 0 saturated carbocycles. The molecule has 1 aromatic rings. The summed E-state index contributed by atoms with van der Waals surface area (Å²) in [6.07, 6.45) is 11.4. The molecule has 0 bridgehead atoms. The molecule has 2 aliphatic rings. The number of aromatic nitrogens is 1. The van der Waals surface area contributed by atoms with Crippen LogP contribution < -0.4 is 5.19 Å². The van der Waals surface area contributed by atoms with Gasteiger partial charge in [-0.3, -0.25) is 4.98 Å². The summed E-state index contributed by atoms with van der Waals surface area (Å²) in [5.74, 6) is 0. The first-order chi connectivity index (χ1) is 7.41. The normalized spacial score (nSPS) is 23.7. The van der Waals surface area contributed by atoms with Crippen molar-refractivity contribution < 1.29 is 0 Å². The molecule has 0 unspecified atom stereocenters. The van der Waals surface area contributed by atoms with Gasteiger partial charge in [-0.2, -0.15) is 0 Å². The lowest BCUT2D eigenvalue weighted by Crippen LogP contribution is -2.52. The van der Waals surface area contributed by atoms with Crippen LogP contribution in [0.1, 0.15) is 31.2 Å². The van der Waals surface area contributed by atoms with Crippen LogP contribution in [0.15, 0.2) is 18.5 Å². The maximum atomic E-state index is 4.30. The number of hydrogen-bond acceptors (Lipinski definition) is 1. The SMILES string of the molecule is c1cc2c(cn1)CCC[Si]21CCCCC1.